The minimum atomic E-state index is -0.0907. The van der Waals surface area contributed by atoms with E-state index in [9.17, 15) is 9.90 Å². The lowest BCUT2D eigenvalue weighted by Crippen LogP contribution is -2.37. The van der Waals surface area contributed by atoms with Gasteiger partial charge in [0, 0.05) is 44.2 Å². The number of aliphatic hydroxyl groups excluding tert-OH is 1. The lowest BCUT2D eigenvalue weighted by Gasteiger charge is -2.26. The summed E-state index contributed by atoms with van der Waals surface area (Å²) in [5.74, 6) is -0.0907. The average Bonchev–Trinajstić information content (AvgIpc) is 3.12. The third kappa shape index (κ3) is 3.63. The van der Waals surface area contributed by atoms with Crippen LogP contribution in [0.2, 0.25) is 0 Å². The molecule has 24 heavy (non-hydrogen) atoms. The molecule has 130 valence electrons. The number of nitrogens with one attached hydrogen (secondary N) is 1. The number of aliphatic hydroxyl groups is 1. The molecule has 0 saturated heterocycles. The van der Waals surface area contributed by atoms with Crippen LogP contribution < -0.4 is 5.32 Å². The fourth-order valence-electron chi connectivity index (χ4n) is 2.97. The van der Waals surface area contributed by atoms with Crippen molar-refractivity contribution in [2.45, 2.75) is 39.3 Å². The number of hydrogen-bond acceptors (Lipinski definition) is 7. The van der Waals surface area contributed by atoms with Gasteiger partial charge in [0.15, 0.2) is 0 Å². The third-order valence-electron chi connectivity index (χ3n) is 4.10. The highest BCUT2D eigenvalue weighted by Crippen LogP contribution is 2.22. The van der Waals surface area contributed by atoms with E-state index in [4.69, 9.17) is 0 Å². The van der Waals surface area contributed by atoms with Crippen LogP contribution in [0.1, 0.15) is 35.3 Å². The molecule has 1 aliphatic rings. The zero-order chi connectivity index (χ0) is 17.1. The number of fused-ring (bicyclic) bond motifs is 1. The summed E-state index contributed by atoms with van der Waals surface area (Å²) in [5, 5.41) is 26.1. The fourth-order valence-corrected chi connectivity index (χ4v) is 3.83. The van der Waals surface area contributed by atoms with Crippen molar-refractivity contribution in [2.24, 2.45) is 7.05 Å². The van der Waals surface area contributed by atoms with Crippen LogP contribution in [-0.4, -0.2) is 49.0 Å². The van der Waals surface area contributed by atoms with Gasteiger partial charge in [0.2, 0.25) is 11.0 Å². The van der Waals surface area contributed by atoms with Crippen LogP contribution in [0, 0.1) is 0 Å². The Kier molecular flexibility index (Phi) is 5.22. The molecule has 1 aliphatic heterocycles. The fraction of sp³-hybridized carbons (Fsp3) is 0.600. The van der Waals surface area contributed by atoms with Crippen LogP contribution in [0.25, 0.3) is 0 Å². The molecule has 3 heterocycles. The van der Waals surface area contributed by atoms with Gasteiger partial charge < -0.3 is 5.11 Å². The smallest absolute Gasteiger partial charge is 0.240 e. The highest BCUT2D eigenvalue weighted by atomic mass is 32.1. The molecule has 8 nitrogen and oxygen atoms in total. The molecule has 2 N–H and O–H groups in total. The molecular formula is C15H22N6O2S. The average molecular weight is 350 g/mol. The van der Waals surface area contributed by atoms with Crippen molar-refractivity contribution >= 4 is 22.4 Å². The van der Waals surface area contributed by atoms with Crippen molar-refractivity contribution in [3.05, 3.63) is 22.0 Å². The third-order valence-corrected chi connectivity index (χ3v) is 5.00. The summed E-state index contributed by atoms with van der Waals surface area (Å²) in [6.07, 6.45) is 2.72. The Balaban J connectivity index is 1.59. The predicted octanol–water partition coefficient (Wildman–Crippen LogP) is 0.713. The van der Waals surface area contributed by atoms with Crippen LogP contribution in [0.4, 0.5) is 5.13 Å². The van der Waals surface area contributed by atoms with Crippen molar-refractivity contribution in [2.75, 3.05) is 18.4 Å². The first-order valence-corrected chi connectivity index (χ1v) is 8.91. The molecule has 0 saturated carbocycles. The van der Waals surface area contributed by atoms with Gasteiger partial charge in [-0.2, -0.15) is 5.10 Å². The number of aryl methyl sites for hydroxylation is 2. The highest BCUT2D eigenvalue weighted by molar-refractivity contribution is 7.15. The van der Waals surface area contributed by atoms with E-state index in [1.165, 1.54) is 11.3 Å². The number of nitrogens with zero attached hydrogens (tertiary/aromatic N) is 5. The second-order valence-corrected chi connectivity index (χ2v) is 6.98. The van der Waals surface area contributed by atoms with E-state index in [0.29, 0.717) is 23.9 Å². The maximum atomic E-state index is 12.2. The predicted molar refractivity (Wildman–Crippen MR) is 90.6 cm³/mol. The van der Waals surface area contributed by atoms with Gasteiger partial charge >= 0.3 is 0 Å². The maximum Gasteiger partial charge on any atom is 0.240 e. The molecule has 0 radical (unpaired) electrons. The minimum Gasteiger partial charge on any atom is -0.390 e. The van der Waals surface area contributed by atoms with E-state index in [1.54, 1.807) is 0 Å². The summed E-state index contributed by atoms with van der Waals surface area (Å²) >= 11 is 1.43. The summed E-state index contributed by atoms with van der Waals surface area (Å²) in [7, 11) is 1.89. The Morgan fingerprint density at radius 3 is 3.00 bits per heavy atom. The summed E-state index contributed by atoms with van der Waals surface area (Å²) in [6, 6.07) is 0. The highest BCUT2D eigenvalue weighted by Gasteiger charge is 2.24. The van der Waals surface area contributed by atoms with Gasteiger partial charge in [-0.25, -0.2) is 0 Å². The number of carbonyl (C=O) groups is 1. The number of rotatable bonds is 6. The molecular weight excluding hydrogens is 328 g/mol. The van der Waals surface area contributed by atoms with Crippen molar-refractivity contribution in [3.63, 3.8) is 0 Å². The molecule has 0 aromatic carbocycles. The van der Waals surface area contributed by atoms with Gasteiger partial charge in [-0.15, -0.1) is 10.2 Å². The van der Waals surface area contributed by atoms with E-state index in [0.717, 1.165) is 42.1 Å². The molecule has 9 heteroatoms. The van der Waals surface area contributed by atoms with Gasteiger partial charge in [0.05, 0.1) is 18.8 Å². The Hall–Kier alpha value is -1.84. The summed E-state index contributed by atoms with van der Waals surface area (Å²) in [6.45, 7) is 3.73. The van der Waals surface area contributed by atoms with E-state index in [1.807, 2.05) is 11.7 Å². The summed E-state index contributed by atoms with van der Waals surface area (Å²) < 4.78 is 1.83. The Morgan fingerprint density at radius 2 is 2.25 bits per heavy atom. The Bertz CT molecular complexity index is 726. The van der Waals surface area contributed by atoms with Gasteiger partial charge in [-0.3, -0.25) is 19.7 Å². The molecule has 0 aliphatic carbocycles. The van der Waals surface area contributed by atoms with Gasteiger partial charge in [0.1, 0.15) is 5.01 Å². The van der Waals surface area contributed by atoms with Crippen LogP contribution >= 0.6 is 11.3 Å². The second kappa shape index (κ2) is 7.37. The van der Waals surface area contributed by atoms with Gasteiger partial charge in [0.25, 0.3) is 0 Å². The van der Waals surface area contributed by atoms with Gasteiger partial charge in [-0.05, 0) is 6.42 Å². The molecule has 0 bridgehead atoms. The summed E-state index contributed by atoms with van der Waals surface area (Å²) in [4.78, 5) is 14.3. The molecule has 0 spiro atoms. The monoisotopic (exact) mass is 350 g/mol. The second-order valence-electron chi connectivity index (χ2n) is 5.91. The molecule has 2 aromatic heterocycles. The zero-order valence-corrected chi connectivity index (χ0v) is 14.8. The minimum absolute atomic E-state index is 0.0752. The maximum absolute atomic E-state index is 12.2. The largest absolute Gasteiger partial charge is 0.390 e. The lowest BCUT2D eigenvalue weighted by atomic mass is 10.1. The zero-order valence-electron chi connectivity index (χ0n) is 13.9. The molecule has 0 atom stereocenters. The number of anilines is 1. The lowest BCUT2D eigenvalue weighted by molar-refractivity contribution is -0.117. The number of aromatic nitrogens is 4. The van der Waals surface area contributed by atoms with E-state index < -0.39 is 0 Å². The number of hydrogen-bond donors (Lipinski definition) is 2. The summed E-state index contributed by atoms with van der Waals surface area (Å²) in [5.41, 5.74) is 2.88. The van der Waals surface area contributed by atoms with E-state index in [-0.39, 0.29) is 12.5 Å². The van der Waals surface area contributed by atoms with Crippen molar-refractivity contribution < 1.29 is 9.90 Å². The van der Waals surface area contributed by atoms with Crippen LogP contribution in [-0.2, 0) is 37.8 Å². The first-order chi connectivity index (χ1) is 11.6. The molecule has 0 unspecified atom stereocenters. The first-order valence-electron chi connectivity index (χ1n) is 8.09. The van der Waals surface area contributed by atoms with E-state index in [2.05, 4.69) is 32.4 Å². The van der Waals surface area contributed by atoms with Crippen LogP contribution in [0.5, 0.6) is 0 Å². The van der Waals surface area contributed by atoms with Crippen LogP contribution in [0.15, 0.2) is 0 Å². The topological polar surface area (TPSA) is 96.2 Å². The quantitative estimate of drug-likeness (QED) is 0.797. The van der Waals surface area contributed by atoms with Crippen molar-refractivity contribution in [1.82, 2.24) is 24.9 Å². The normalized spacial score (nSPS) is 14.6. The first kappa shape index (κ1) is 17.0. The number of carbonyl (C=O) groups excluding carboxylic acids is 1. The van der Waals surface area contributed by atoms with E-state index >= 15 is 0 Å². The van der Waals surface area contributed by atoms with Crippen molar-refractivity contribution in [1.29, 1.82) is 0 Å². The van der Waals surface area contributed by atoms with Crippen LogP contribution in [0.3, 0.4) is 0 Å². The molecule has 2 aromatic rings. The standard InChI is InChI=1S/C15H22N6O2S/c1-3-4-14-17-18-15(24-14)16-13(23)8-21-6-5-12-10(7-21)11(9-22)19-20(12)2/h22H,3-9H2,1-2H3,(H,16,18,23). The number of amides is 1. The SMILES string of the molecule is CCCc1nnc(NC(=O)CN2CCc3c(c(CO)nn3C)C2)s1. The van der Waals surface area contributed by atoms with Gasteiger partial charge in [-0.1, -0.05) is 18.3 Å². The van der Waals surface area contributed by atoms with Crippen molar-refractivity contribution in [3.8, 4) is 0 Å². The Morgan fingerprint density at radius 1 is 1.42 bits per heavy atom. The molecule has 1 amide bonds. The Labute approximate surface area is 144 Å². The molecule has 3 rings (SSSR count). The molecule has 0 fully saturated rings.